The van der Waals surface area contributed by atoms with Crippen LogP contribution in [0.15, 0.2) is 24.3 Å². The van der Waals surface area contributed by atoms with Crippen LogP contribution in [-0.4, -0.2) is 51.9 Å². The van der Waals surface area contributed by atoms with Crippen molar-refractivity contribution in [2.75, 3.05) is 13.2 Å². The van der Waals surface area contributed by atoms with Gasteiger partial charge in [-0.05, 0) is 25.0 Å². The summed E-state index contributed by atoms with van der Waals surface area (Å²) in [5, 5.41) is 9.47. The van der Waals surface area contributed by atoms with Gasteiger partial charge in [0.05, 0.1) is 17.8 Å². The minimum Gasteiger partial charge on any atom is -0.480 e. The van der Waals surface area contributed by atoms with Crippen molar-refractivity contribution in [1.82, 2.24) is 9.80 Å². The van der Waals surface area contributed by atoms with E-state index in [2.05, 4.69) is 0 Å². The first-order valence-corrected chi connectivity index (χ1v) is 8.01. The quantitative estimate of drug-likeness (QED) is 0.863. The molecule has 2 amide bonds. The van der Waals surface area contributed by atoms with Crippen molar-refractivity contribution in [2.24, 2.45) is 0 Å². The molecule has 0 aromatic heterocycles. The average Bonchev–Trinajstić information content (AvgIpc) is 2.75. The lowest BCUT2D eigenvalue weighted by atomic mass is 10.0. The second-order valence-electron chi connectivity index (χ2n) is 6.09. The summed E-state index contributed by atoms with van der Waals surface area (Å²) in [5.74, 6) is -1.56. The van der Waals surface area contributed by atoms with Gasteiger partial charge in [-0.1, -0.05) is 31.4 Å². The van der Waals surface area contributed by atoms with E-state index in [0.717, 1.165) is 25.7 Å². The Balaban J connectivity index is 1.81. The third-order valence-electron chi connectivity index (χ3n) is 4.60. The number of hydrogen-bond acceptors (Lipinski definition) is 4. The highest BCUT2D eigenvalue weighted by Gasteiger charge is 2.38. The molecule has 2 aliphatic heterocycles. The molecule has 1 saturated heterocycles. The van der Waals surface area contributed by atoms with Gasteiger partial charge in [0, 0.05) is 6.54 Å². The molecule has 1 aromatic rings. The van der Waals surface area contributed by atoms with Crippen molar-refractivity contribution in [3.05, 3.63) is 35.4 Å². The van der Waals surface area contributed by atoms with Crippen LogP contribution in [0.25, 0.3) is 0 Å². The molecular weight excluding hydrogens is 296 g/mol. The van der Waals surface area contributed by atoms with Crippen LogP contribution in [0.4, 0.5) is 0 Å². The number of carboxylic acid groups (broad SMARTS) is 1. The predicted octanol–water partition coefficient (Wildman–Crippen LogP) is 1.96. The first kappa shape index (κ1) is 15.7. The number of nitrogens with zero attached hydrogens (tertiary/aromatic N) is 2. The Morgan fingerprint density at radius 3 is 2.26 bits per heavy atom. The van der Waals surface area contributed by atoms with E-state index >= 15 is 0 Å². The molecule has 2 aliphatic rings. The summed E-state index contributed by atoms with van der Waals surface area (Å²) >= 11 is 0. The highest BCUT2D eigenvalue weighted by atomic mass is 16.4. The normalized spacial score (nSPS) is 22.6. The van der Waals surface area contributed by atoms with Gasteiger partial charge in [0.25, 0.3) is 11.8 Å². The maximum Gasteiger partial charge on any atom is 0.320 e. The zero-order valence-electron chi connectivity index (χ0n) is 12.9. The molecule has 1 unspecified atom stereocenters. The van der Waals surface area contributed by atoms with Crippen LogP contribution in [0.5, 0.6) is 0 Å². The van der Waals surface area contributed by atoms with E-state index in [1.807, 2.05) is 0 Å². The van der Waals surface area contributed by atoms with Gasteiger partial charge in [0.15, 0.2) is 0 Å². The summed E-state index contributed by atoms with van der Waals surface area (Å²) in [6, 6.07) is 6.09. The van der Waals surface area contributed by atoms with Crippen LogP contribution in [-0.2, 0) is 4.79 Å². The Labute approximate surface area is 134 Å². The first-order valence-electron chi connectivity index (χ1n) is 8.01. The number of benzene rings is 1. The molecule has 1 aromatic carbocycles. The second-order valence-corrected chi connectivity index (χ2v) is 6.09. The van der Waals surface area contributed by atoms with E-state index in [1.165, 1.54) is 4.90 Å². The van der Waals surface area contributed by atoms with Gasteiger partial charge < -0.3 is 5.11 Å². The molecule has 6 nitrogen and oxygen atoms in total. The molecule has 3 rings (SSSR count). The third-order valence-corrected chi connectivity index (χ3v) is 4.60. The van der Waals surface area contributed by atoms with Gasteiger partial charge in [-0.25, -0.2) is 0 Å². The lowest BCUT2D eigenvalue weighted by Gasteiger charge is -2.33. The Kier molecular flexibility index (Phi) is 4.43. The molecule has 0 aliphatic carbocycles. The van der Waals surface area contributed by atoms with Gasteiger partial charge in [-0.3, -0.25) is 24.2 Å². The standard InChI is InChI=1S/C17H20N2O4/c20-15-12-7-4-5-8-13(12)16(21)19(15)11-18-10-6-2-1-3-9-14(18)17(22)23/h4-5,7-8,14H,1-3,6,9-11H2,(H,22,23). The van der Waals surface area contributed by atoms with Gasteiger partial charge in [-0.2, -0.15) is 0 Å². The molecule has 2 heterocycles. The summed E-state index contributed by atoms with van der Waals surface area (Å²) in [7, 11) is 0. The zero-order chi connectivity index (χ0) is 16.4. The van der Waals surface area contributed by atoms with Gasteiger partial charge in [0.1, 0.15) is 6.04 Å². The monoisotopic (exact) mass is 316 g/mol. The number of amides is 2. The number of aliphatic carboxylic acids is 1. The maximum atomic E-state index is 12.4. The van der Waals surface area contributed by atoms with E-state index in [0.29, 0.717) is 24.1 Å². The predicted molar refractivity (Wildman–Crippen MR) is 83.0 cm³/mol. The molecule has 122 valence electrons. The molecule has 0 bridgehead atoms. The molecule has 0 spiro atoms. The van der Waals surface area contributed by atoms with Crippen molar-refractivity contribution in [2.45, 2.75) is 38.1 Å². The number of carbonyl (C=O) groups excluding carboxylic acids is 2. The fourth-order valence-corrected chi connectivity index (χ4v) is 3.34. The van der Waals surface area contributed by atoms with E-state index in [-0.39, 0.29) is 18.5 Å². The molecule has 6 heteroatoms. The number of imide groups is 1. The van der Waals surface area contributed by atoms with Crippen LogP contribution in [0.2, 0.25) is 0 Å². The summed E-state index contributed by atoms with van der Waals surface area (Å²) in [6.07, 6.45) is 4.37. The lowest BCUT2D eigenvalue weighted by molar-refractivity contribution is -0.144. The Morgan fingerprint density at radius 1 is 1.04 bits per heavy atom. The number of rotatable bonds is 3. The van der Waals surface area contributed by atoms with Crippen LogP contribution >= 0.6 is 0 Å². The van der Waals surface area contributed by atoms with Crippen molar-refractivity contribution in [1.29, 1.82) is 0 Å². The second kappa shape index (κ2) is 6.50. The van der Waals surface area contributed by atoms with E-state index < -0.39 is 12.0 Å². The average molecular weight is 316 g/mol. The molecular formula is C17H20N2O4. The Hall–Kier alpha value is -2.21. The van der Waals surface area contributed by atoms with E-state index in [4.69, 9.17) is 0 Å². The first-order chi connectivity index (χ1) is 11.1. The molecule has 1 N–H and O–H groups in total. The van der Waals surface area contributed by atoms with Crippen LogP contribution in [0.3, 0.4) is 0 Å². The van der Waals surface area contributed by atoms with Crippen molar-refractivity contribution in [3.8, 4) is 0 Å². The topological polar surface area (TPSA) is 77.9 Å². The largest absolute Gasteiger partial charge is 0.480 e. The summed E-state index contributed by atoms with van der Waals surface area (Å²) < 4.78 is 0. The highest BCUT2D eigenvalue weighted by Crippen LogP contribution is 2.24. The van der Waals surface area contributed by atoms with Gasteiger partial charge >= 0.3 is 5.97 Å². The SMILES string of the molecule is O=C(O)C1CCCCCCN1CN1C(=O)c2ccccc2C1=O. The Bertz CT molecular complexity index is 608. The number of likely N-dealkylation sites (tertiary alicyclic amines) is 1. The van der Waals surface area contributed by atoms with Crippen molar-refractivity contribution >= 4 is 17.8 Å². The third kappa shape index (κ3) is 2.99. The number of carboxylic acids is 1. The van der Waals surface area contributed by atoms with E-state index in [1.54, 1.807) is 29.2 Å². The van der Waals surface area contributed by atoms with Crippen LogP contribution in [0.1, 0.15) is 52.8 Å². The number of fused-ring (bicyclic) bond motifs is 1. The fraction of sp³-hybridized carbons (Fsp3) is 0.471. The highest BCUT2D eigenvalue weighted by molar-refractivity contribution is 6.21. The zero-order valence-corrected chi connectivity index (χ0v) is 12.9. The van der Waals surface area contributed by atoms with Crippen LogP contribution < -0.4 is 0 Å². The maximum absolute atomic E-state index is 12.4. The Morgan fingerprint density at radius 2 is 1.65 bits per heavy atom. The molecule has 0 saturated carbocycles. The van der Waals surface area contributed by atoms with Crippen molar-refractivity contribution in [3.63, 3.8) is 0 Å². The summed E-state index contributed by atoms with van der Waals surface area (Å²) in [4.78, 5) is 39.4. The van der Waals surface area contributed by atoms with Crippen molar-refractivity contribution < 1.29 is 19.5 Å². The summed E-state index contributed by atoms with van der Waals surface area (Å²) in [6.45, 7) is 0.633. The number of carbonyl (C=O) groups is 3. The number of hydrogen-bond donors (Lipinski definition) is 1. The molecule has 1 atom stereocenters. The fourth-order valence-electron chi connectivity index (χ4n) is 3.34. The minimum absolute atomic E-state index is 0.0450. The minimum atomic E-state index is -0.886. The van der Waals surface area contributed by atoms with Gasteiger partial charge in [-0.15, -0.1) is 0 Å². The molecule has 0 radical (unpaired) electrons. The summed E-state index contributed by atoms with van der Waals surface area (Å²) in [5.41, 5.74) is 0.799. The van der Waals surface area contributed by atoms with E-state index in [9.17, 15) is 19.5 Å². The molecule has 1 fully saturated rings. The lowest BCUT2D eigenvalue weighted by Crippen LogP contribution is -2.49. The molecule has 23 heavy (non-hydrogen) atoms. The van der Waals surface area contributed by atoms with Crippen LogP contribution in [0, 0.1) is 0 Å². The van der Waals surface area contributed by atoms with Gasteiger partial charge in [0.2, 0.25) is 0 Å². The smallest absolute Gasteiger partial charge is 0.320 e.